The zero-order chi connectivity index (χ0) is 25.7. The summed E-state index contributed by atoms with van der Waals surface area (Å²) < 4.78 is 49.1. The highest BCUT2D eigenvalue weighted by Gasteiger charge is 2.37. The van der Waals surface area contributed by atoms with Crippen LogP contribution in [0.2, 0.25) is 0 Å². The van der Waals surface area contributed by atoms with Crippen molar-refractivity contribution in [2.75, 3.05) is 0 Å². The van der Waals surface area contributed by atoms with Crippen molar-refractivity contribution in [3.63, 3.8) is 0 Å². The van der Waals surface area contributed by atoms with Crippen molar-refractivity contribution >= 4 is 5.97 Å². The monoisotopic (exact) mass is 497 g/mol. The molecule has 0 radical (unpaired) electrons. The first kappa shape index (κ1) is 26.3. The summed E-state index contributed by atoms with van der Waals surface area (Å²) in [4.78, 5) is 12.5. The van der Waals surface area contributed by atoms with Crippen LogP contribution in [0.1, 0.15) is 105 Å². The van der Waals surface area contributed by atoms with Gasteiger partial charge in [0.15, 0.2) is 0 Å². The number of fused-ring (bicyclic) bond motifs is 1. The molecule has 2 aliphatic carbocycles. The number of ether oxygens (including phenoxy) is 1. The van der Waals surface area contributed by atoms with Crippen molar-refractivity contribution in [2.24, 2.45) is 17.8 Å². The minimum Gasteiger partial charge on any atom is -0.423 e. The fourth-order valence-corrected chi connectivity index (χ4v) is 6.28. The molecule has 3 nitrogen and oxygen atoms in total. The van der Waals surface area contributed by atoms with E-state index < -0.39 is 23.4 Å². The lowest BCUT2D eigenvalue weighted by atomic mass is 9.63. The van der Waals surface area contributed by atoms with Gasteiger partial charge in [-0.15, -0.1) is 0 Å². The first-order valence-electron chi connectivity index (χ1n) is 13.3. The minimum absolute atomic E-state index is 0.0658. The van der Waals surface area contributed by atoms with E-state index in [1.54, 1.807) is 6.07 Å². The molecule has 0 saturated heterocycles. The molecule has 2 saturated carbocycles. The van der Waals surface area contributed by atoms with Crippen LogP contribution in [0.15, 0.2) is 30.3 Å². The van der Waals surface area contributed by atoms with Crippen molar-refractivity contribution in [2.45, 2.75) is 83.5 Å². The maximum Gasteiger partial charge on any atom is 0.343 e. The zero-order valence-corrected chi connectivity index (χ0v) is 20.9. The summed E-state index contributed by atoms with van der Waals surface area (Å²) >= 11 is 0. The van der Waals surface area contributed by atoms with E-state index in [9.17, 15) is 9.18 Å². The Labute approximate surface area is 211 Å². The van der Waals surface area contributed by atoms with Gasteiger partial charge >= 0.3 is 5.97 Å². The third-order valence-corrected chi connectivity index (χ3v) is 8.18. The Morgan fingerprint density at radius 1 is 0.944 bits per heavy atom. The van der Waals surface area contributed by atoms with E-state index >= 15 is 8.78 Å². The van der Waals surface area contributed by atoms with E-state index in [2.05, 4.69) is 6.92 Å². The Hall–Kier alpha value is -2.81. The Morgan fingerprint density at radius 2 is 1.67 bits per heavy atom. The van der Waals surface area contributed by atoms with Gasteiger partial charge in [-0.3, -0.25) is 0 Å². The largest absolute Gasteiger partial charge is 0.423 e. The summed E-state index contributed by atoms with van der Waals surface area (Å²) in [6, 6.07) is 7.05. The summed E-state index contributed by atoms with van der Waals surface area (Å²) in [5, 5.41) is 8.81. The van der Waals surface area contributed by atoms with Crippen LogP contribution in [0.4, 0.5) is 13.2 Å². The maximum atomic E-state index is 15.1. The molecule has 2 fully saturated rings. The highest BCUT2D eigenvalue weighted by atomic mass is 19.1. The number of carbonyl (C=O) groups is 1. The fraction of sp³-hybridized carbons (Fsp3) is 0.533. The van der Waals surface area contributed by atoms with Gasteiger partial charge in [0.05, 0.1) is 11.1 Å². The molecule has 2 aromatic rings. The lowest BCUT2D eigenvalue weighted by Crippen LogP contribution is -2.31. The molecule has 0 heterocycles. The van der Waals surface area contributed by atoms with E-state index in [1.807, 2.05) is 0 Å². The first-order chi connectivity index (χ1) is 17.4. The second-order valence-electron chi connectivity index (χ2n) is 10.6. The molecule has 0 spiro atoms. The van der Waals surface area contributed by atoms with Gasteiger partial charge in [-0.05, 0) is 80.0 Å². The second kappa shape index (κ2) is 12.0. The first-order valence-corrected chi connectivity index (χ1v) is 13.3. The number of hydrogen-bond acceptors (Lipinski definition) is 3. The number of carbonyl (C=O) groups excluding carboxylic acids is 1. The SMILES string of the molecule is CCCCCC[C@H]1CC[C@@H]2CC(c3c(F)cc(C(=O)Oc4ccc(C#N)c(F)c4)cc3F)CC[C@H]2C1. The van der Waals surface area contributed by atoms with E-state index in [-0.39, 0.29) is 28.4 Å². The van der Waals surface area contributed by atoms with Gasteiger partial charge < -0.3 is 4.74 Å². The van der Waals surface area contributed by atoms with Crippen LogP contribution in [0, 0.1) is 46.5 Å². The van der Waals surface area contributed by atoms with Crippen molar-refractivity contribution in [1.82, 2.24) is 0 Å². The molecule has 192 valence electrons. The fourth-order valence-electron chi connectivity index (χ4n) is 6.28. The maximum absolute atomic E-state index is 15.1. The molecule has 6 heteroatoms. The molecule has 0 amide bonds. The van der Waals surface area contributed by atoms with Crippen molar-refractivity contribution in [1.29, 1.82) is 5.26 Å². The molecule has 0 N–H and O–H groups in total. The zero-order valence-electron chi connectivity index (χ0n) is 20.9. The predicted octanol–water partition coefficient (Wildman–Crippen LogP) is 8.47. The van der Waals surface area contributed by atoms with Gasteiger partial charge in [-0.25, -0.2) is 18.0 Å². The number of unbranched alkanes of at least 4 members (excludes halogenated alkanes) is 3. The van der Waals surface area contributed by atoms with Crippen LogP contribution in [0.25, 0.3) is 0 Å². The van der Waals surface area contributed by atoms with Crippen LogP contribution in [-0.4, -0.2) is 5.97 Å². The summed E-state index contributed by atoms with van der Waals surface area (Å²) in [6.45, 7) is 2.23. The molecule has 4 rings (SSSR count). The highest BCUT2D eigenvalue weighted by molar-refractivity contribution is 5.91. The average Bonchev–Trinajstić information content (AvgIpc) is 2.86. The number of halogens is 3. The molecular weight excluding hydrogens is 463 g/mol. The standard InChI is InChI=1S/C30H34F3NO2/c1-2-3-4-5-6-19-7-8-21-14-22(10-9-20(21)13-19)29-27(32)15-24(16-28(29)33)30(35)36-25-12-11-23(18-34)26(31)17-25/h11-12,15-17,19-22H,2-10,13-14H2,1H3/t19-,20-,21+,22?/m0/s1. The molecule has 4 atom stereocenters. The average molecular weight is 498 g/mol. The van der Waals surface area contributed by atoms with Crippen LogP contribution in [0.3, 0.4) is 0 Å². The summed E-state index contributed by atoms with van der Waals surface area (Å²) in [5.41, 5.74) is -0.390. The normalized spacial score (nSPS) is 23.5. The molecular formula is C30H34F3NO2. The minimum atomic E-state index is -0.982. The molecule has 0 bridgehead atoms. The summed E-state index contributed by atoms with van der Waals surface area (Å²) in [6.07, 6.45) is 12.6. The van der Waals surface area contributed by atoms with Crippen LogP contribution in [0.5, 0.6) is 5.75 Å². The topological polar surface area (TPSA) is 50.1 Å². The summed E-state index contributed by atoms with van der Waals surface area (Å²) in [7, 11) is 0. The third-order valence-electron chi connectivity index (χ3n) is 8.18. The smallest absolute Gasteiger partial charge is 0.343 e. The van der Waals surface area contributed by atoms with Gasteiger partial charge in [0.1, 0.15) is 29.3 Å². The Morgan fingerprint density at radius 3 is 2.36 bits per heavy atom. The second-order valence-corrected chi connectivity index (χ2v) is 10.6. The van der Waals surface area contributed by atoms with E-state index in [1.165, 1.54) is 57.1 Å². The lowest BCUT2D eigenvalue weighted by Gasteiger charge is -2.42. The number of esters is 1. The quantitative estimate of drug-likeness (QED) is 0.209. The molecule has 1 unspecified atom stereocenters. The van der Waals surface area contributed by atoms with Gasteiger partial charge in [-0.1, -0.05) is 45.4 Å². The van der Waals surface area contributed by atoms with E-state index in [4.69, 9.17) is 10.00 Å². The van der Waals surface area contributed by atoms with Gasteiger partial charge in [0, 0.05) is 11.6 Å². The third kappa shape index (κ3) is 6.11. The van der Waals surface area contributed by atoms with E-state index in [0.717, 1.165) is 49.8 Å². The number of nitriles is 1. The van der Waals surface area contributed by atoms with Crippen molar-refractivity contribution in [3.05, 3.63) is 64.5 Å². The van der Waals surface area contributed by atoms with Gasteiger partial charge in [0.2, 0.25) is 0 Å². The lowest BCUT2D eigenvalue weighted by molar-refractivity contribution is 0.0733. The molecule has 0 aliphatic heterocycles. The number of hydrogen-bond donors (Lipinski definition) is 0. The number of rotatable bonds is 8. The number of nitrogens with zero attached hydrogens (tertiary/aromatic N) is 1. The Bertz CT molecular complexity index is 1100. The number of benzene rings is 2. The van der Waals surface area contributed by atoms with E-state index in [0.29, 0.717) is 11.8 Å². The Kier molecular flexibility index (Phi) is 8.72. The molecule has 2 aromatic carbocycles. The van der Waals surface area contributed by atoms with Crippen molar-refractivity contribution in [3.8, 4) is 11.8 Å². The molecule has 2 aliphatic rings. The van der Waals surface area contributed by atoms with Gasteiger partial charge in [0.25, 0.3) is 0 Å². The van der Waals surface area contributed by atoms with Crippen LogP contribution >= 0.6 is 0 Å². The summed E-state index contributed by atoms with van der Waals surface area (Å²) in [5.74, 6) is -1.67. The molecule has 36 heavy (non-hydrogen) atoms. The van der Waals surface area contributed by atoms with Crippen LogP contribution < -0.4 is 4.74 Å². The van der Waals surface area contributed by atoms with Gasteiger partial charge in [-0.2, -0.15) is 5.26 Å². The predicted molar refractivity (Wildman–Crippen MR) is 132 cm³/mol. The van der Waals surface area contributed by atoms with Crippen molar-refractivity contribution < 1.29 is 22.7 Å². The van der Waals surface area contributed by atoms with Crippen LogP contribution in [-0.2, 0) is 0 Å². The highest BCUT2D eigenvalue weighted by Crippen LogP contribution is 2.49. The Balaban J connectivity index is 1.38. The molecule has 0 aromatic heterocycles.